The van der Waals surface area contributed by atoms with E-state index in [0.29, 0.717) is 57.1 Å². The van der Waals surface area contributed by atoms with Gasteiger partial charge in [-0.15, -0.1) is 0 Å². The number of alkyl halides is 3. The molecule has 0 aromatic heterocycles. The maximum atomic E-state index is 13.5. The summed E-state index contributed by atoms with van der Waals surface area (Å²) >= 11 is 0. The molecule has 8 heteroatoms. The highest BCUT2D eigenvalue weighted by molar-refractivity contribution is 5.52. The number of benzene rings is 2. The molecule has 5 nitrogen and oxygen atoms in total. The van der Waals surface area contributed by atoms with E-state index in [0.717, 1.165) is 17.2 Å². The van der Waals surface area contributed by atoms with E-state index in [9.17, 15) is 13.2 Å². The van der Waals surface area contributed by atoms with E-state index in [1.807, 2.05) is 29.2 Å². The summed E-state index contributed by atoms with van der Waals surface area (Å²) in [7, 11) is 0. The van der Waals surface area contributed by atoms with Crippen LogP contribution < -0.4 is 10.6 Å². The number of nitrogens with zero attached hydrogens (tertiary/aromatic N) is 1. The van der Waals surface area contributed by atoms with E-state index in [2.05, 4.69) is 0 Å². The van der Waals surface area contributed by atoms with Crippen LogP contribution >= 0.6 is 0 Å². The number of ether oxygens (including phenoxy) is 3. The smallest absolute Gasteiger partial charge is 0.378 e. The monoisotopic (exact) mass is 436 g/mol. The van der Waals surface area contributed by atoms with E-state index in [4.69, 9.17) is 19.9 Å². The maximum absolute atomic E-state index is 13.5. The summed E-state index contributed by atoms with van der Waals surface area (Å²) in [6.45, 7) is 3.30. The second-order valence-electron chi connectivity index (χ2n) is 7.96. The quantitative estimate of drug-likeness (QED) is 0.715. The van der Waals surface area contributed by atoms with Crippen molar-refractivity contribution < 1.29 is 27.4 Å². The van der Waals surface area contributed by atoms with Gasteiger partial charge >= 0.3 is 6.18 Å². The molecule has 0 amide bonds. The predicted octanol–water partition coefficient (Wildman–Crippen LogP) is 3.83. The number of hydrogen-bond acceptors (Lipinski definition) is 5. The molecule has 2 N–H and O–H groups in total. The molecule has 0 aliphatic carbocycles. The number of nitrogens with two attached hydrogens (primary N) is 1. The van der Waals surface area contributed by atoms with Gasteiger partial charge in [0.05, 0.1) is 38.6 Å². The highest BCUT2D eigenvalue weighted by Crippen LogP contribution is 2.39. The van der Waals surface area contributed by atoms with Crippen LogP contribution in [0.25, 0.3) is 0 Å². The Bertz CT molecular complexity index is 896. The average molecular weight is 436 g/mol. The second kappa shape index (κ2) is 9.16. The van der Waals surface area contributed by atoms with Crippen LogP contribution in [0.2, 0.25) is 0 Å². The molecule has 0 radical (unpaired) electrons. The van der Waals surface area contributed by atoms with Gasteiger partial charge in [0.25, 0.3) is 0 Å². The van der Waals surface area contributed by atoms with Gasteiger partial charge in [0.1, 0.15) is 5.60 Å². The minimum Gasteiger partial charge on any atom is -0.378 e. The van der Waals surface area contributed by atoms with E-state index < -0.39 is 17.3 Å². The predicted molar refractivity (Wildman–Crippen MR) is 111 cm³/mol. The van der Waals surface area contributed by atoms with Gasteiger partial charge in [0.2, 0.25) is 0 Å². The fourth-order valence-electron chi connectivity index (χ4n) is 4.27. The summed E-state index contributed by atoms with van der Waals surface area (Å²) in [4.78, 5) is 1.91. The molecular weight excluding hydrogens is 409 g/mol. The molecule has 1 fully saturated rings. The first-order valence-electron chi connectivity index (χ1n) is 10.5. The van der Waals surface area contributed by atoms with Crippen LogP contribution in [-0.2, 0) is 39.2 Å². The number of fused-ring (bicyclic) bond motifs is 1. The number of rotatable bonds is 7. The third-order valence-electron chi connectivity index (χ3n) is 5.85. The first-order valence-corrected chi connectivity index (χ1v) is 10.5. The van der Waals surface area contributed by atoms with Crippen molar-refractivity contribution in [2.45, 2.75) is 31.4 Å². The maximum Gasteiger partial charge on any atom is 0.416 e. The summed E-state index contributed by atoms with van der Waals surface area (Å²) in [5.74, 6) is 0. The van der Waals surface area contributed by atoms with Crippen LogP contribution in [0.3, 0.4) is 0 Å². The molecule has 0 saturated carbocycles. The third-order valence-corrected chi connectivity index (χ3v) is 5.85. The Balaban J connectivity index is 1.52. The first-order chi connectivity index (χ1) is 14.9. The molecule has 31 heavy (non-hydrogen) atoms. The molecule has 1 unspecified atom stereocenters. The fraction of sp³-hybridized carbons (Fsp3) is 0.478. The zero-order valence-electron chi connectivity index (χ0n) is 17.3. The molecule has 2 heterocycles. The van der Waals surface area contributed by atoms with Crippen LogP contribution in [-0.4, -0.2) is 39.5 Å². The van der Waals surface area contributed by atoms with Gasteiger partial charge in [-0.1, -0.05) is 24.3 Å². The number of halogens is 3. The Labute approximate surface area is 179 Å². The first kappa shape index (κ1) is 22.1. The largest absolute Gasteiger partial charge is 0.416 e. The Hall–Kier alpha value is -2.13. The zero-order chi connectivity index (χ0) is 21.9. The van der Waals surface area contributed by atoms with Gasteiger partial charge in [-0.05, 0) is 47.9 Å². The van der Waals surface area contributed by atoms with Crippen LogP contribution in [0.4, 0.5) is 18.9 Å². The zero-order valence-corrected chi connectivity index (χ0v) is 17.3. The summed E-state index contributed by atoms with van der Waals surface area (Å²) < 4.78 is 57.8. The lowest BCUT2D eigenvalue weighted by Crippen LogP contribution is -2.36. The van der Waals surface area contributed by atoms with Crippen molar-refractivity contribution in [2.75, 3.05) is 44.4 Å². The highest BCUT2D eigenvalue weighted by atomic mass is 19.4. The topological polar surface area (TPSA) is 57.0 Å². The number of morpholine rings is 1. The van der Waals surface area contributed by atoms with Crippen LogP contribution in [0.1, 0.15) is 28.7 Å². The summed E-state index contributed by atoms with van der Waals surface area (Å²) in [5, 5.41) is 0. The number of hydrogen-bond donors (Lipinski definition) is 1. The lowest BCUT2D eigenvalue weighted by molar-refractivity contribution is -0.137. The standard InChI is InChI=1S/C23H27F3N2O3/c24-23(25,26)19-11-17(12-20(13-19)28-7-9-29-10-8-28)14-30-16-22(5-6-27)21-4-2-1-3-18(21)15-31-22/h1-4,11-13H,5-10,14-16,27H2. The SMILES string of the molecule is NCCC1(COCc2cc(N3CCOCC3)cc(C(F)(F)F)c2)OCc2ccccc21. The lowest BCUT2D eigenvalue weighted by atomic mass is 9.90. The Kier molecular flexibility index (Phi) is 6.52. The fourth-order valence-corrected chi connectivity index (χ4v) is 4.27. The lowest BCUT2D eigenvalue weighted by Gasteiger charge is -2.30. The molecule has 0 spiro atoms. The van der Waals surface area contributed by atoms with Gasteiger partial charge in [0.15, 0.2) is 0 Å². The van der Waals surface area contributed by atoms with Crippen LogP contribution in [0.15, 0.2) is 42.5 Å². The van der Waals surface area contributed by atoms with Crippen molar-refractivity contribution in [2.24, 2.45) is 5.73 Å². The van der Waals surface area contributed by atoms with Gasteiger partial charge in [-0.2, -0.15) is 13.2 Å². The molecule has 2 aromatic carbocycles. The van der Waals surface area contributed by atoms with Gasteiger partial charge in [-0.25, -0.2) is 0 Å². The molecular formula is C23H27F3N2O3. The van der Waals surface area contributed by atoms with Crippen LogP contribution in [0, 0.1) is 0 Å². The molecule has 2 aliphatic rings. The molecule has 4 rings (SSSR count). The normalized spacial score (nSPS) is 21.4. The Morgan fingerprint density at radius 1 is 1.10 bits per heavy atom. The minimum absolute atomic E-state index is 0.0547. The van der Waals surface area contributed by atoms with Crippen molar-refractivity contribution in [3.05, 3.63) is 64.7 Å². The van der Waals surface area contributed by atoms with E-state index in [1.54, 1.807) is 6.07 Å². The molecule has 2 aliphatic heterocycles. The Morgan fingerprint density at radius 2 is 1.87 bits per heavy atom. The molecule has 1 atom stereocenters. The van der Waals surface area contributed by atoms with E-state index >= 15 is 0 Å². The minimum atomic E-state index is -4.43. The van der Waals surface area contributed by atoms with Crippen molar-refractivity contribution in [1.82, 2.24) is 0 Å². The summed E-state index contributed by atoms with van der Waals surface area (Å²) in [6.07, 6.45) is -3.85. The molecule has 168 valence electrons. The van der Waals surface area contributed by atoms with Crippen LogP contribution in [0.5, 0.6) is 0 Å². The number of anilines is 1. The molecule has 0 bridgehead atoms. The van der Waals surface area contributed by atoms with Crippen molar-refractivity contribution >= 4 is 5.69 Å². The summed E-state index contributed by atoms with van der Waals surface area (Å²) in [6, 6.07) is 12.0. The highest BCUT2D eigenvalue weighted by Gasteiger charge is 2.39. The summed E-state index contributed by atoms with van der Waals surface area (Å²) in [5.41, 5.74) is 7.64. The van der Waals surface area contributed by atoms with Crippen molar-refractivity contribution in [3.8, 4) is 0 Å². The molecule has 2 aromatic rings. The van der Waals surface area contributed by atoms with E-state index in [1.165, 1.54) is 6.07 Å². The molecule has 1 saturated heterocycles. The van der Waals surface area contributed by atoms with Crippen molar-refractivity contribution in [1.29, 1.82) is 0 Å². The average Bonchev–Trinajstić information content (AvgIpc) is 3.13. The van der Waals surface area contributed by atoms with Gasteiger partial charge in [-0.3, -0.25) is 0 Å². The Morgan fingerprint density at radius 3 is 2.61 bits per heavy atom. The van der Waals surface area contributed by atoms with Gasteiger partial charge in [0, 0.05) is 18.8 Å². The second-order valence-corrected chi connectivity index (χ2v) is 7.96. The van der Waals surface area contributed by atoms with E-state index in [-0.39, 0.29) is 13.2 Å². The van der Waals surface area contributed by atoms with Gasteiger partial charge < -0.3 is 24.8 Å². The van der Waals surface area contributed by atoms with Crippen molar-refractivity contribution in [3.63, 3.8) is 0 Å². The third kappa shape index (κ3) is 4.87.